The van der Waals surface area contributed by atoms with Crippen molar-refractivity contribution in [2.24, 2.45) is 0 Å². The molecule has 0 bridgehead atoms. The van der Waals surface area contributed by atoms with Crippen molar-refractivity contribution in [3.63, 3.8) is 0 Å². The fourth-order valence-electron chi connectivity index (χ4n) is 2.05. The molecule has 0 spiro atoms. The van der Waals surface area contributed by atoms with Crippen LogP contribution >= 0.6 is 11.6 Å². The molecule has 0 saturated heterocycles. The number of carbonyl (C=O) groups excluding carboxylic acids is 2. The van der Waals surface area contributed by atoms with E-state index in [1.165, 1.54) is 6.08 Å². The van der Waals surface area contributed by atoms with Gasteiger partial charge >= 0.3 is 6.09 Å². The Kier molecular flexibility index (Phi) is 7.30. The lowest BCUT2D eigenvalue weighted by molar-refractivity contribution is -0.115. The first-order chi connectivity index (χ1) is 10.7. The summed E-state index contributed by atoms with van der Waals surface area (Å²) in [6, 6.07) is 7.00. The lowest BCUT2D eigenvalue weighted by atomic mass is 10.0. The van der Waals surface area contributed by atoms with Crippen molar-refractivity contribution in [1.82, 2.24) is 5.32 Å². The molecule has 1 N–H and O–H groups in total. The summed E-state index contributed by atoms with van der Waals surface area (Å²) in [5.74, 6) is -0.0393. The van der Waals surface area contributed by atoms with E-state index in [0.717, 1.165) is 5.56 Å². The summed E-state index contributed by atoms with van der Waals surface area (Å²) in [7, 11) is 0. The predicted octanol–water partition coefficient (Wildman–Crippen LogP) is 4.31. The Hall–Kier alpha value is -1.81. The number of halogens is 1. The summed E-state index contributed by atoms with van der Waals surface area (Å²) in [5, 5.41) is 3.43. The van der Waals surface area contributed by atoms with Gasteiger partial charge in [-0.15, -0.1) is 0 Å². The van der Waals surface area contributed by atoms with Crippen LogP contribution in [0.5, 0.6) is 0 Å². The number of nitrogens with one attached hydrogen (secondary N) is 1. The van der Waals surface area contributed by atoms with Gasteiger partial charge in [0.15, 0.2) is 5.78 Å². The van der Waals surface area contributed by atoms with Crippen LogP contribution in [0.2, 0.25) is 5.02 Å². The number of hydrogen-bond donors (Lipinski definition) is 1. The van der Waals surface area contributed by atoms with Gasteiger partial charge in [0.05, 0.1) is 0 Å². The van der Waals surface area contributed by atoms with E-state index in [1.54, 1.807) is 45.9 Å². The Labute approximate surface area is 142 Å². The summed E-state index contributed by atoms with van der Waals surface area (Å²) in [6.45, 7) is 7.18. The third-order valence-electron chi connectivity index (χ3n) is 2.92. The molecule has 0 aliphatic rings. The van der Waals surface area contributed by atoms with Crippen molar-refractivity contribution >= 4 is 23.5 Å². The minimum Gasteiger partial charge on any atom is -0.444 e. The van der Waals surface area contributed by atoms with Crippen LogP contribution in [0.4, 0.5) is 4.79 Å². The fraction of sp³-hybridized carbons (Fsp3) is 0.444. The standard InChI is InChI=1S/C18H24ClNO3/c1-5-6-16(21)12-15(20-17(22)23-18(2,3)4)11-13-7-9-14(19)10-8-13/h5-10,15H,11-12H2,1-4H3,(H,20,22)/b6-5+. The fourth-order valence-corrected chi connectivity index (χ4v) is 2.18. The van der Waals surface area contributed by atoms with Crippen molar-refractivity contribution in [2.45, 2.75) is 52.2 Å². The molecule has 1 unspecified atom stereocenters. The van der Waals surface area contributed by atoms with E-state index < -0.39 is 11.7 Å². The largest absolute Gasteiger partial charge is 0.444 e. The summed E-state index contributed by atoms with van der Waals surface area (Å²) in [6.07, 6.45) is 3.41. The molecule has 0 fully saturated rings. The Morgan fingerprint density at radius 3 is 2.39 bits per heavy atom. The smallest absolute Gasteiger partial charge is 0.407 e. The van der Waals surface area contributed by atoms with Gasteiger partial charge in [-0.05, 0) is 57.9 Å². The Morgan fingerprint density at radius 1 is 1.26 bits per heavy atom. The maximum atomic E-state index is 12.0. The van der Waals surface area contributed by atoms with Crippen LogP contribution in [0.25, 0.3) is 0 Å². The second kappa shape index (κ2) is 8.73. The molecule has 0 saturated carbocycles. The first kappa shape index (κ1) is 19.2. The van der Waals surface area contributed by atoms with Crippen LogP contribution < -0.4 is 5.32 Å². The average Bonchev–Trinajstić information content (AvgIpc) is 2.39. The molecule has 1 atom stereocenters. The number of rotatable bonds is 6. The number of ketones is 1. The molecule has 0 heterocycles. The molecule has 4 nitrogen and oxygen atoms in total. The van der Waals surface area contributed by atoms with E-state index in [9.17, 15) is 9.59 Å². The van der Waals surface area contributed by atoms with Crippen molar-refractivity contribution in [1.29, 1.82) is 0 Å². The Bertz CT molecular complexity index is 559. The molecular formula is C18H24ClNO3. The zero-order valence-electron chi connectivity index (χ0n) is 14.1. The highest BCUT2D eigenvalue weighted by Crippen LogP contribution is 2.13. The molecule has 1 amide bonds. The molecule has 0 aliphatic heterocycles. The molecule has 23 heavy (non-hydrogen) atoms. The predicted molar refractivity (Wildman–Crippen MR) is 92.8 cm³/mol. The molecule has 0 radical (unpaired) electrons. The molecule has 126 valence electrons. The zero-order chi connectivity index (χ0) is 17.5. The number of carbonyl (C=O) groups is 2. The number of ether oxygens (including phenoxy) is 1. The van der Waals surface area contributed by atoms with Crippen LogP contribution in [0, 0.1) is 0 Å². The van der Waals surface area contributed by atoms with E-state index in [-0.39, 0.29) is 18.2 Å². The van der Waals surface area contributed by atoms with Crippen molar-refractivity contribution < 1.29 is 14.3 Å². The minimum atomic E-state index is -0.581. The quantitative estimate of drug-likeness (QED) is 0.787. The number of amides is 1. The Morgan fingerprint density at radius 2 is 1.87 bits per heavy atom. The van der Waals surface area contributed by atoms with E-state index in [2.05, 4.69) is 5.32 Å². The van der Waals surface area contributed by atoms with Crippen molar-refractivity contribution in [3.8, 4) is 0 Å². The van der Waals surface area contributed by atoms with Gasteiger partial charge in [0.1, 0.15) is 5.60 Å². The molecule has 1 rings (SSSR count). The maximum Gasteiger partial charge on any atom is 0.407 e. The normalized spacial score (nSPS) is 12.9. The zero-order valence-corrected chi connectivity index (χ0v) is 14.8. The molecule has 1 aromatic carbocycles. The lowest BCUT2D eigenvalue weighted by Gasteiger charge is -2.23. The summed E-state index contributed by atoms with van der Waals surface area (Å²) >= 11 is 5.88. The third-order valence-corrected chi connectivity index (χ3v) is 3.17. The van der Waals surface area contributed by atoms with Crippen LogP contribution in [-0.2, 0) is 16.0 Å². The molecular weight excluding hydrogens is 314 g/mol. The summed E-state index contributed by atoms with van der Waals surface area (Å²) in [4.78, 5) is 23.8. The second-order valence-corrected chi connectivity index (χ2v) is 6.78. The van der Waals surface area contributed by atoms with E-state index in [0.29, 0.717) is 11.4 Å². The van der Waals surface area contributed by atoms with Gasteiger partial charge in [-0.2, -0.15) is 0 Å². The van der Waals surface area contributed by atoms with Gasteiger partial charge in [-0.1, -0.05) is 29.8 Å². The third kappa shape index (κ3) is 8.41. The number of hydrogen-bond acceptors (Lipinski definition) is 3. The van der Waals surface area contributed by atoms with Crippen LogP contribution in [0.1, 0.15) is 39.7 Å². The van der Waals surface area contributed by atoms with Crippen molar-refractivity contribution in [2.75, 3.05) is 0 Å². The van der Waals surface area contributed by atoms with Crippen LogP contribution in [0.15, 0.2) is 36.4 Å². The Balaban J connectivity index is 2.77. The highest BCUT2D eigenvalue weighted by Gasteiger charge is 2.21. The van der Waals surface area contributed by atoms with Crippen LogP contribution in [-0.4, -0.2) is 23.5 Å². The molecule has 0 aromatic heterocycles. The van der Waals surface area contributed by atoms with Crippen LogP contribution in [0.3, 0.4) is 0 Å². The number of benzene rings is 1. The number of allylic oxidation sites excluding steroid dienone is 2. The van der Waals surface area contributed by atoms with Gasteiger partial charge in [0, 0.05) is 17.5 Å². The highest BCUT2D eigenvalue weighted by atomic mass is 35.5. The average molecular weight is 338 g/mol. The SMILES string of the molecule is C/C=C/C(=O)CC(Cc1ccc(Cl)cc1)NC(=O)OC(C)(C)C. The summed E-state index contributed by atoms with van der Waals surface area (Å²) < 4.78 is 5.27. The highest BCUT2D eigenvalue weighted by molar-refractivity contribution is 6.30. The summed E-state index contributed by atoms with van der Waals surface area (Å²) in [5.41, 5.74) is 0.408. The first-order valence-corrected chi connectivity index (χ1v) is 7.97. The first-order valence-electron chi connectivity index (χ1n) is 7.59. The van der Waals surface area contributed by atoms with Gasteiger partial charge in [0.2, 0.25) is 0 Å². The van der Waals surface area contributed by atoms with Gasteiger partial charge in [0.25, 0.3) is 0 Å². The second-order valence-electron chi connectivity index (χ2n) is 6.34. The topological polar surface area (TPSA) is 55.4 Å². The maximum absolute atomic E-state index is 12.0. The van der Waals surface area contributed by atoms with E-state index in [1.807, 2.05) is 12.1 Å². The molecule has 0 aliphatic carbocycles. The van der Waals surface area contributed by atoms with Crippen molar-refractivity contribution in [3.05, 3.63) is 47.0 Å². The molecule has 1 aromatic rings. The monoisotopic (exact) mass is 337 g/mol. The van der Waals surface area contributed by atoms with Gasteiger partial charge in [-0.3, -0.25) is 4.79 Å². The minimum absolute atomic E-state index is 0.0393. The lowest BCUT2D eigenvalue weighted by Crippen LogP contribution is -2.41. The molecule has 5 heteroatoms. The van der Waals surface area contributed by atoms with E-state index in [4.69, 9.17) is 16.3 Å². The van der Waals surface area contributed by atoms with Gasteiger partial charge in [-0.25, -0.2) is 4.79 Å². The van der Waals surface area contributed by atoms with Gasteiger partial charge < -0.3 is 10.1 Å². The number of alkyl carbamates (subject to hydrolysis) is 1. The van der Waals surface area contributed by atoms with E-state index >= 15 is 0 Å².